The summed E-state index contributed by atoms with van der Waals surface area (Å²) in [6.45, 7) is 0.277. The van der Waals surface area contributed by atoms with Gasteiger partial charge < -0.3 is 15.2 Å². The topological polar surface area (TPSA) is 96.4 Å². The fourth-order valence-corrected chi connectivity index (χ4v) is 3.06. The van der Waals surface area contributed by atoms with Gasteiger partial charge in [-0.05, 0) is 25.0 Å². The van der Waals surface area contributed by atoms with Gasteiger partial charge in [-0.1, -0.05) is 6.07 Å². The van der Waals surface area contributed by atoms with Crippen molar-refractivity contribution in [3.63, 3.8) is 0 Å². The summed E-state index contributed by atoms with van der Waals surface area (Å²) in [4.78, 5) is 24.6. The maximum absolute atomic E-state index is 13.7. The first-order valence-corrected chi connectivity index (χ1v) is 8.44. The fourth-order valence-electron chi connectivity index (χ4n) is 3.06. The summed E-state index contributed by atoms with van der Waals surface area (Å²) >= 11 is 0. The lowest BCUT2D eigenvalue weighted by Gasteiger charge is -2.21. The molecule has 2 aromatic rings. The van der Waals surface area contributed by atoms with Crippen LogP contribution in [0.25, 0.3) is 0 Å². The van der Waals surface area contributed by atoms with E-state index in [1.807, 2.05) is 0 Å². The van der Waals surface area contributed by atoms with Crippen molar-refractivity contribution in [3.05, 3.63) is 46.7 Å². The fraction of sp³-hybridized carbons (Fsp3) is 0.389. The third-order valence-electron chi connectivity index (χ3n) is 4.51. The molecular weight excluding hydrogens is 360 g/mol. The smallest absolute Gasteiger partial charge is 0.344 e. The number of benzene rings is 1. The first-order valence-electron chi connectivity index (χ1n) is 8.44. The Bertz CT molecular complexity index is 855. The van der Waals surface area contributed by atoms with Gasteiger partial charge in [-0.25, -0.2) is 13.6 Å². The standard InChI is InChI=1S/C18H19F2N3O4/c1-23-17(21)15(16(22-23)10-5-7-26-8-6-10)18(25)27-9-13(24)14-11(19)3-2-4-12(14)20/h2-4,10H,5-9,21H2,1H3. The van der Waals surface area contributed by atoms with E-state index in [-0.39, 0.29) is 17.3 Å². The monoisotopic (exact) mass is 379 g/mol. The van der Waals surface area contributed by atoms with E-state index in [4.69, 9.17) is 15.2 Å². The number of nitrogen functional groups attached to an aromatic ring is 1. The molecule has 27 heavy (non-hydrogen) atoms. The predicted octanol–water partition coefficient (Wildman–Crippen LogP) is 2.21. The number of ketones is 1. The van der Waals surface area contributed by atoms with Gasteiger partial charge in [0.05, 0.1) is 11.3 Å². The molecule has 7 nitrogen and oxygen atoms in total. The number of carbonyl (C=O) groups excluding carboxylic acids is 2. The summed E-state index contributed by atoms with van der Waals surface area (Å²) in [7, 11) is 1.59. The molecule has 1 saturated heterocycles. The molecule has 2 heterocycles. The summed E-state index contributed by atoms with van der Waals surface area (Å²) in [5.74, 6) is -3.78. The molecule has 2 N–H and O–H groups in total. The number of hydrogen-bond donors (Lipinski definition) is 1. The van der Waals surface area contributed by atoms with Gasteiger partial charge in [-0.15, -0.1) is 0 Å². The Hall–Kier alpha value is -2.81. The van der Waals surface area contributed by atoms with Crippen molar-refractivity contribution in [2.24, 2.45) is 7.05 Å². The Balaban J connectivity index is 1.77. The zero-order valence-electron chi connectivity index (χ0n) is 14.7. The number of halogens is 2. The van der Waals surface area contributed by atoms with Crippen molar-refractivity contribution >= 4 is 17.6 Å². The molecule has 0 radical (unpaired) electrons. The van der Waals surface area contributed by atoms with E-state index in [1.165, 1.54) is 4.68 Å². The molecule has 0 bridgehead atoms. The highest BCUT2D eigenvalue weighted by molar-refractivity contribution is 6.01. The van der Waals surface area contributed by atoms with Crippen LogP contribution in [0.3, 0.4) is 0 Å². The second-order valence-corrected chi connectivity index (χ2v) is 6.25. The number of anilines is 1. The van der Waals surface area contributed by atoms with Crippen LogP contribution in [0.2, 0.25) is 0 Å². The Morgan fingerprint density at radius 2 is 1.89 bits per heavy atom. The second kappa shape index (κ2) is 7.83. The Morgan fingerprint density at radius 1 is 1.26 bits per heavy atom. The molecule has 1 aliphatic rings. The van der Waals surface area contributed by atoms with Crippen molar-refractivity contribution in [1.82, 2.24) is 9.78 Å². The van der Waals surface area contributed by atoms with Crippen LogP contribution in [-0.2, 0) is 16.5 Å². The molecule has 0 atom stereocenters. The van der Waals surface area contributed by atoms with E-state index in [0.29, 0.717) is 31.7 Å². The molecule has 3 rings (SSSR count). The van der Waals surface area contributed by atoms with Gasteiger partial charge in [0.15, 0.2) is 6.61 Å². The number of nitrogens with zero attached hydrogens (tertiary/aromatic N) is 2. The van der Waals surface area contributed by atoms with Crippen LogP contribution in [0, 0.1) is 11.6 Å². The molecule has 1 fully saturated rings. The average molecular weight is 379 g/mol. The highest BCUT2D eigenvalue weighted by Gasteiger charge is 2.30. The normalized spacial score (nSPS) is 14.9. The maximum Gasteiger partial charge on any atom is 0.344 e. The third kappa shape index (κ3) is 3.82. The predicted molar refractivity (Wildman–Crippen MR) is 91.4 cm³/mol. The minimum Gasteiger partial charge on any atom is -0.454 e. The van der Waals surface area contributed by atoms with E-state index in [2.05, 4.69) is 5.10 Å². The van der Waals surface area contributed by atoms with Gasteiger partial charge in [0.1, 0.15) is 23.0 Å². The minimum absolute atomic E-state index is 0.0236. The number of nitrogens with two attached hydrogens (primary N) is 1. The number of hydrogen-bond acceptors (Lipinski definition) is 6. The van der Waals surface area contributed by atoms with Crippen molar-refractivity contribution in [3.8, 4) is 0 Å². The van der Waals surface area contributed by atoms with E-state index in [9.17, 15) is 18.4 Å². The lowest BCUT2D eigenvalue weighted by Crippen LogP contribution is -2.20. The summed E-state index contributed by atoms with van der Waals surface area (Å²) in [6.07, 6.45) is 1.35. The Morgan fingerprint density at radius 3 is 2.52 bits per heavy atom. The van der Waals surface area contributed by atoms with Gasteiger partial charge in [-0.2, -0.15) is 5.10 Å². The largest absolute Gasteiger partial charge is 0.454 e. The van der Waals surface area contributed by atoms with Gasteiger partial charge >= 0.3 is 5.97 Å². The van der Waals surface area contributed by atoms with Crippen molar-refractivity contribution in [2.45, 2.75) is 18.8 Å². The number of aryl methyl sites for hydroxylation is 1. The average Bonchev–Trinajstić information content (AvgIpc) is 2.95. The summed E-state index contributed by atoms with van der Waals surface area (Å²) in [6, 6.07) is 3.06. The van der Waals surface area contributed by atoms with Crippen molar-refractivity contribution < 1.29 is 27.8 Å². The number of rotatable bonds is 5. The van der Waals surface area contributed by atoms with Gasteiger partial charge in [0.25, 0.3) is 0 Å². The van der Waals surface area contributed by atoms with Crippen molar-refractivity contribution in [1.29, 1.82) is 0 Å². The first-order chi connectivity index (χ1) is 12.9. The maximum atomic E-state index is 13.7. The van der Waals surface area contributed by atoms with Crippen molar-refractivity contribution in [2.75, 3.05) is 25.6 Å². The quantitative estimate of drug-likeness (QED) is 0.632. The highest BCUT2D eigenvalue weighted by Crippen LogP contribution is 2.31. The molecule has 0 aliphatic carbocycles. The van der Waals surface area contributed by atoms with Gasteiger partial charge in [-0.3, -0.25) is 9.48 Å². The molecule has 1 aromatic heterocycles. The van der Waals surface area contributed by atoms with Crippen LogP contribution in [-0.4, -0.2) is 41.4 Å². The molecule has 0 saturated carbocycles. The van der Waals surface area contributed by atoms with Crippen LogP contribution in [0.1, 0.15) is 45.2 Å². The van der Waals surface area contributed by atoms with Gasteiger partial charge in [0, 0.05) is 26.2 Å². The molecule has 0 spiro atoms. The number of carbonyl (C=O) groups is 2. The van der Waals surface area contributed by atoms with Crippen LogP contribution >= 0.6 is 0 Å². The second-order valence-electron chi connectivity index (χ2n) is 6.25. The molecule has 144 valence electrons. The lowest BCUT2D eigenvalue weighted by molar-refractivity contribution is 0.0468. The summed E-state index contributed by atoms with van der Waals surface area (Å²) in [5, 5.41) is 4.30. The lowest BCUT2D eigenvalue weighted by atomic mass is 9.93. The molecule has 1 aliphatic heterocycles. The number of aromatic nitrogens is 2. The summed E-state index contributed by atoms with van der Waals surface area (Å²) < 4.78 is 39.0. The zero-order chi connectivity index (χ0) is 19.6. The molecule has 1 aromatic carbocycles. The highest BCUT2D eigenvalue weighted by atomic mass is 19.1. The zero-order valence-corrected chi connectivity index (χ0v) is 14.7. The third-order valence-corrected chi connectivity index (χ3v) is 4.51. The molecule has 0 unspecified atom stereocenters. The first kappa shape index (κ1) is 19.0. The molecular formula is C18H19F2N3O4. The van der Waals surface area contributed by atoms with E-state index < -0.39 is 35.6 Å². The summed E-state index contributed by atoms with van der Waals surface area (Å²) in [5.41, 5.74) is 5.75. The van der Waals surface area contributed by atoms with Crippen LogP contribution < -0.4 is 5.73 Å². The van der Waals surface area contributed by atoms with Crippen LogP contribution in [0.4, 0.5) is 14.6 Å². The number of esters is 1. The van der Waals surface area contributed by atoms with E-state index >= 15 is 0 Å². The van der Waals surface area contributed by atoms with E-state index in [1.54, 1.807) is 7.05 Å². The number of Topliss-reactive ketones (excluding diaryl/α,β-unsaturated/α-hetero) is 1. The van der Waals surface area contributed by atoms with Crippen LogP contribution in [0.5, 0.6) is 0 Å². The van der Waals surface area contributed by atoms with Crippen LogP contribution in [0.15, 0.2) is 18.2 Å². The van der Waals surface area contributed by atoms with Gasteiger partial charge in [0.2, 0.25) is 5.78 Å². The SMILES string of the molecule is Cn1nc(C2CCOCC2)c(C(=O)OCC(=O)c2c(F)cccc2F)c1N. The number of ether oxygens (including phenoxy) is 2. The van der Waals surface area contributed by atoms with E-state index in [0.717, 1.165) is 18.2 Å². The molecule has 0 amide bonds. The Labute approximate surface area is 154 Å². The molecule has 9 heteroatoms. The minimum atomic E-state index is -1.01. The Kier molecular flexibility index (Phi) is 5.50.